The first-order valence-electron chi connectivity index (χ1n) is 5.93. The third-order valence-corrected chi connectivity index (χ3v) is 4.63. The van der Waals surface area contributed by atoms with Crippen LogP contribution in [-0.2, 0) is 42.4 Å². The molecule has 0 spiro atoms. The van der Waals surface area contributed by atoms with E-state index >= 15 is 0 Å². The van der Waals surface area contributed by atoms with Crippen LogP contribution in [0.25, 0.3) is 0 Å². The third-order valence-electron chi connectivity index (χ3n) is 1.29. The summed E-state index contributed by atoms with van der Waals surface area (Å²) in [5.41, 5.74) is -1.11. The molecule has 114 valence electrons. The summed E-state index contributed by atoms with van der Waals surface area (Å²) in [4.78, 5) is 0. The maximum atomic E-state index is 5.89. The second-order valence-corrected chi connectivity index (χ2v) is 10.3. The van der Waals surface area contributed by atoms with Gasteiger partial charge in [0.25, 0.3) is 0 Å². The van der Waals surface area contributed by atoms with Crippen molar-refractivity contribution in [2.75, 3.05) is 0 Å². The van der Waals surface area contributed by atoms with Crippen molar-refractivity contribution in [3.63, 3.8) is 0 Å². The normalized spacial score (nSPS) is 14.3. The first kappa shape index (κ1) is 21.3. The smallest absolute Gasteiger partial charge is 0.708 e. The van der Waals surface area contributed by atoms with E-state index in [2.05, 4.69) is 0 Å². The van der Waals surface area contributed by atoms with E-state index in [1.54, 1.807) is 0 Å². The molecular weight excluding hydrogens is 316 g/mol. The maximum absolute atomic E-state index is 5.89. The van der Waals surface area contributed by atoms with Crippen molar-refractivity contribution in [1.82, 2.24) is 0 Å². The number of rotatable bonds is 3. The molecular formula is C12H27CuO3SSi. The maximum Gasteiger partial charge on any atom is 1.00 e. The van der Waals surface area contributed by atoms with E-state index in [0.29, 0.717) is 0 Å². The van der Waals surface area contributed by atoms with Crippen molar-refractivity contribution in [1.29, 1.82) is 0 Å². The monoisotopic (exact) mass is 342 g/mol. The minimum Gasteiger partial charge on any atom is -0.708 e. The molecule has 6 heteroatoms. The summed E-state index contributed by atoms with van der Waals surface area (Å²) >= 11 is 5.52. The van der Waals surface area contributed by atoms with E-state index in [-0.39, 0.29) is 33.9 Å². The van der Waals surface area contributed by atoms with Crippen LogP contribution in [0.4, 0.5) is 0 Å². The molecule has 0 aromatic heterocycles. The van der Waals surface area contributed by atoms with Crippen LogP contribution in [0.2, 0.25) is 0 Å². The molecule has 0 aliphatic heterocycles. The molecule has 0 atom stereocenters. The predicted molar refractivity (Wildman–Crippen MR) is 75.6 cm³/mol. The van der Waals surface area contributed by atoms with Crippen LogP contribution < -0.4 is 0 Å². The zero-order chi connectivity index (χ0) is 14.1. The minimum atomic E-state index is -3.07. The molecule has 0 fully saturated rings. The topological polar surface area (TPSA) is 27.7 Å². The molecule has 0 aromatic carbocycles. The molecule has 0 aliphatic rings. The quantitative estimate of drug-likeness (QED) is 0.580. The number of hydrogen-bond donors (Lipinski definition) is 0. The molecule has 3 nitrogen and oxygen atoms in total. The van der Waals surface area contributed by atoms with Gasteiger partial charge in [0.15, 0.2) is 0 Å². The van der Waals surface area contributed by atoms with Crippen LogP contribution in [0.1, 0.15) is 62.3 Å². The van der Waals surface area contributed by atoms with E-state index in [4.69, 9.17) is 25.4 Å². The Kier molecular flexibility index (Phi) is 7.81. The summed E-state index contributed by atoms with van der Waals surface area (Å²) in [6.45, 7) is 17.6. The molecule has 0 heterocycles. The molecule has 0 radical (unpaired) electrons. The van der Waals surface area contributed by atoms with Crippen LogP contribution in [0, 0.1) is 0 Å². The summed E-state index contributed by atoms with van der Waals surface area (Å²) in [5.74, 6) is 0. The van der Waals surface area contributed by atoms with Crippen LogP contribution in [0.15, 0.2) is 0 Å². The van der Waals surface area contributed by atoms with E-state index in [9.17, 15) is 0 Å². The Balaban J connectivity index is 0. The van der Waals surface area contributed by atoms with Gasteiger partial charge in [0.1, 0.15) is 0 Å². The second kappa shape index (κ2) is 6.61. The third kappa shape index (κ3) is 12.0. The Bertz CT molecular complexity index is 213. The van der Waals surface area contributed by atoms with Gasteiger partial charge in [0.05, 0.1) is 16.8 Å². The predicted octanol–water partition coefficient (Wildman–Crippen LogP) is 3.41. The molecule has 0 amide bonds. The zero-order valence-electron chi connectivity index (χ0n) is 12.9. The Morgan fingerprint density at radius 2 is 0.778 bits per heavy atom. The van der Waals surface area contributed by atoms with E-state index < -0.39 is 7.95 Å². The van der Waals surface area contributed by atoms with Crippen molar-refractivity contribution in [3.8, 4) is 0 Å². The van der Waals surface area contributed by atoms with Gasteiger partial charge in [-0.05, 0) is 62.3 Å². The largest absolute Gasteiger partial charge is 1.00 e. The fourth-order valence-corrected chi connectivity index (χ4v) is 5.81. The minimum absolute atomic E-state index is 0. The molecule has 0 saturated carbocycles. The van der Waals surface area contributed by atoms with Gasteiger partial charge in [-0.25, -0.2) is 0 Å². The van der Waals surface area contributed by atoms with Crippen molar-refractivity contribution >= 4 is 20.0 Å². The molecule has 0 rings (SSSR count). The molecule has 0 aromatic rings. The van der Waals surface area contributed by atoms with Gasteiger partial charge >= 0.3 is 25.0 Å². The molecule has 0 aliphatic carbocycles. The zero-order valence-corrected chi connectivity index (χ0v) is 15.7. The summed E-state index contributed by atoms with van der Waals surface area (Å²) in [6.07, 6.45) is 0. The fraction of sp³-hybridized carbons (Fsp3) is 1.00. The van der Waals surface area contributed by atoms with Crippen LogP contribution >= 0.6 is 0 Å². The van der Waals surface area contributed by atoms with Gasteiger partial charge in [-0.3, -0.25) is 0 Å². The summed E-state index contributed by atoms with van der Waals surface area (Å²) in [6, 6.07) is 0. The van der Waals surface area contributed by atoms with Gasteiger partial charge in [0, 0.05) is 0 Å². The van der Waals surface area contributed by atoms with Crippen LogP contribution in [0.3, 0.4) is 0 Å². The Morgan fingerprint density at radius 3 is 0.889 bits per heavy atom. The number of hydrogen-bond acceptors (Lipinski definition) is 4. The van der Waals surface area contributed by atoms with E-state index in [1.165, 1.54) is 0 Å². The average molecular weight is 343 g/mol. The SMILES string of the molecule is CC(C)(C)O[Si]([S-])(OC(C)(C)C)OC(C)(C)C.[Cu+]. The Labute approximate surface area is 129 Å². The van der Waals surface area contributed by atoms with Crippen LogP contribution in [0.5, 0.6) is 0 Å². The van der Waals surface area contributed by atoms with Gasteiger partial charge in [-0.1, -0.05) is 0 Å². The summed E-state index contributed by atoms with van der Waals surface area (Å²) in [7, 11) is -3.07. The van der Waals surface area contributed by atoms with E-state index in [0.717, 1.165) is 0 Å². The Hall–Kier alpha value is 0.966. The molecule has 18 heavy (non-hydrogen) atoms. The first-order valence-corrected chi connectivity index (χ1v) is 8.79. The van der Waals surface area contributed by atoms with Crippen molar-refractivity contribution in [3.05, 3.63) is 0 Å². The first-order chi connectivity index (χ1) is 7.12. The average Bonchev–Trinajstić information content (AvgIpc) is 1.65. The van der Waals surface area contributed by atoms with Crippen LogP contribution in [-0.4, -0.2) is 24.8 Å². The summed E-state index contributed by atoms with van der Waals surface area (Å²) in [5, 5.41) is 0. The summed E-state index contributed by atoms with van der Waals surface area (Å²) < 4.78 is 17.7. The van der Waals surface area contributed by atoms with E-state index in [1.807, 2.05) is 62.3 Å². The van der Waals surface area contributed by atoms with Gasteiger partial charge in [0.2, 0.25) is 0 Å². The molecule has 0 bridgehead atoms. The fourth-order valence-electron chi connectivity index (χ4n) is 1.19. The van der Waals surface area contributed by atoms with Gasteiger partial charge in [-0.2, -0.15) is 0 Å². The van der Waals surface area contributed by atoms with Crippen molar-refractivity contribution < 1.29 is 30.3 Å². The van der Waals surface area contributed by atoms with Gasteiger partial charge < -0.3 is 25.4 Å². The van der Waals surface area contributed by atoms with Crippen molar-refractivity contribution in [2.24, 2.45) is 0 Å². The van der Waals surface area contributed by atoms with Crippen molar-refractivity contribution in [2.45, 2.75) is 79.1 Å². The molecule has 0 unspecified atom stereocenters. The standard InChI is InChI=1S/C12H27O3SSi.Cu/c1-10(2,3)13-17(16,14-11(4,5)6)15-12(7,8)9;/h1-9H3;/q-1;+1. The molecule has 0 N–H and O–H groups in total. The van der Waals surface area contributed by atoms with Gasteiger partial charge in [-0.15, -0.1) is 0 Å². The Morgan fingerprint density at radius 1 is 0.611 bits per heavy atom. The molecule has 0 saturated heterocycles. The second-order valence-electron chi connectivity index (χ2n) is 7.14.